The topological polar surface area (TPSA) is 43.8 Å². The summed E-state index contributed by atoms with van der Waals surface area (Å²) in [7, 11) is 0. The van der Waals surface area contributed by atoms with Gasteiger partial charge in [0.2, 0.25) is 0 Å². The van der Waals surface area contributed by atoms with Crippen LogP contribution in [0, 0.1) is 6.92 Å². The molecule has 2 amide bonds. The largest absolute Gasteiger partial charge is 0.395 e. The highest BCUT2D eigenvalue weighted by atomic mass is 79.9. The van der Waals surface area contributed by atoms with Gasteiger partial charge in [-0.05, 0) is 30.7 Å². The number of rotatable bonds is 3. The van der Waals surface area contributed by atoms with E-state index < -0.39 is 0 Å². The molecule has 0 bridgehead atoms. The van der Waals surface area contributed by atoms with E-state index in [1.807, 2.05) is 25.1 Å². The number of anilines is 1. The van der Waals surface area contributed by atoms with Gasteiger partial charge in [-0.25, -0.2) is 4.79 Å². The van der Waals surface area contributed by atoms with E-state index in [9.17, 15) is 4.79 Å². The molecule has 5 heteroatoms. The maximum Gasteiger partial charge on any atom is 0.324 e. The quantitative estimate of drug-likeness (QED) is 0.927. The zero-order valence-electron chi connectivity index (χ0n) is 9.69. The van der Waals surface area contributed by atoms with Gasteiger partial charge in [0.1, 0.15) is 0 Å². The Labute approximate surface area is 109 Å². The summed E-state index contributed by atoms with van der Waals surface area (Å²) in [4.78, 5) is 15.4. The number of aliphatic hydroxyl groups is 1. The minimum atomic E-state index is -0.0271. The van der Waals surface area contributed by atoms with Crippen LogP contribution in [0.4, 0.5) is 10.5 Å². The van der Waals surface area contributed by atoms with Crippen molar-refractivity contribution in [1.29, 1.82) is 0 Å². The van der Waals surface area contributed by atoms with Gasteiger partial charge in [-0.15, -0.1) is 0 Å². The van der Waals surface area contributed by atoms with E-state index in [-0.39, 0.29) is 12.6 Å². The lowest BCUT2D eigenvalue weighted by Crippen LogP contribution is -2.33. The second kappa shape index (κ2) is 5.06. The highest BCUT2D eigenvalue weighted by Gasteiger charge is 2.28. The Hall–Kier alpha value is -1.07. The normalized spacial score (nSPS) is 15.8. The van der Waals surface area contributed by atoms with Crippen LogP contribution in [0.15, 0.2) is 22.7 Å². The third-order valence-electron chi connectivity index (χ3n) is 2.92. The summed E-state index contributed by atoms with van der Waals surface area (Å²) in [5, 5.41) is 8.86. The van der Waals surface area contributed by atoms with Crippen LogP contribution in [0.3, 0.4) is 0 Å². The van der Waals surface area contributed by atoms with Crippen molar-refractivity contribution >= 4 is 27.6 Å². The van der Waals surface area contributed by atoms with Crippen LogP contribution in [0.1, 0.15) is 5.56 Å². The molecule has 1 aromatic rings. The molecule has 17 heavy (non-hydrogen) atoms. The predicted octanol–water partition coefficient (Wildman–Crippen LogP) is 1.99. The van der Waals surface area contributed by atoms with Gasteiger partial charge in [0.05, 0.1) is 6.61 Å². The number of aliphatic hydroxyl groups excluding tert-OH is 1. The van der Waals surface area contributed by atoms with Gasteiger partial charge in [0.15, 0.2) is 0 Å². The minimum Gasteiger partial charge on any atom is -0.395 e. The summed E-state index contributed by atoms with van der Waals surface area (Å²) < 4.78 is 1.04. The maximum atomic E-state index is 12.0. The van der Waals surface area contributed by atoms with Gasteiger partial charge in [-0.2, -0.15) is 0 Å². The van der Waals surface area contributed by atoms with E-state index in [0.29, 0.717) is 19.6 Å². The zero-order chi connectivity index (χ0) is 12.4. The van der Waals surface area contributed by atoms with Crippen molar-refractivity contribution in [2.24, 2.45) is 0 Å². The fraction of sp³-hybridized carbons (Fsp3) is 0.417. The Balaban J connectivity index is 2.18. The van der Waals surface area contributed by atoms with E-state index in [1.54, 1.807) is 9.80 Å². The molecule has 0 spiro atoms. The Morgan fingerprint density at radius 3 is 2.82 bits per heavy atom. The summed E-state index contributed by atoms with van der Waals surface area (Å²) in [6, 6.07) is 5.84. The first-order chi connectivity index (χ1) is 8.13. The first-order valence-electron chi connectivity index (χ1n) is 5.57. The molecule has 1 aliphatic heterocycles. The summed E-state index contributed by atoms with van der Waals surface area (Å²) >= 11 is 3.44. The molecule has 2 rings (SSSR count). The molecule has 0 saturated carbocycles. The van der Waals surface area contributed by atoms with E-state index in [2.05, 4.69) is 15.9 Å². The molecule has 0 aromatic heterocycles. The molecule has 0 radical (unpaired) electrons. The predicted molar refractivity (Wildman–Crippen MR) is 70.3 cm³/mol. The number of carbonyl (C=O) groups is 1. The molecule has 0 aliphatic carbocycles. The number of β-amino-alcohol motifs (C(OH)–C–C–N with tert-alkyl or cyclic N) is 1. The molecule has 1 aliphatic rings. The van der Waals surface area contributed by atoms with Crippen molar-refractivity contribution in [2.75, 3.05) is 31.1 Å². The summed E-state index contributed by atoms with van der Waals surface area (Å²) in [6.45, 7) is 3.78. The molecule has 4 nitrogen and oxygen atoms in total. The van der Waals surface area contributed by atoms with Gasteiger partial charge in [0.25, 0.3) is 0 Å². The van der Waals surface area contributed by atoms with Gasteiger partial charge < -0.3 is 10.0 Å². The van der Waals surface area contributed by atoms with Crippen molar-refractivity contribution in [2.45, 2.75) is 6.92 Å². The fourth-order valence-corrected chi connectivity index (χ4v) is 2.19. The molecule has 1 aromatic carbocycles. The number of benzene rings is 1. The van der Waals surface area contributed by atoms with Gasteiger partial charge in [-0.1, -0.05) is 15.9 Å². The molecular weight excluding hydrogens is 284 g/mol. The smallest absolute Gasteiger partial charge is 0.324 e. The van der Waals surface area contributed by atoms with Gasteiger partial charge in [-0.3, -0.25) is 4.90 Å². The van der Waals surface area contributed by atoms with Crippen LogP contribution in [0.2, 0.25) is 0 Å². The standard InChI is InChI=1S/C12H15BrN2O2/c1-9-8-10(2-3-11(9)13)15-5-4-14(6-7-16)12(15)17/h2-3,8,16H,4-7H2,1H3. The molecular formula is C12H15BrN2O2. The number of halogens is 1. The molecule has 92 valence electrons. The van der Waals surface area contributed by atoms with Crippen LogP contribution in [-0.2, 0) is 0 Å². The highest BCUT2D eigenvalue weighted by Crippen LogP contribution is 2.25. The third kappa shape index (κ3) is 2.45. The first-order valence-corrected chi connectivity index (χ1v) is 6.36. The zero-order valence-corrected chi connectivity index (χ0v) is 11.3. The molecule has 1 heterocycles. The molecule has 0 atom stereocenters. The second-order valence-electron chi connectivity index (χ2n) is 4.08. The summed E-state index contributed by atoms with van der Waals surface area (Å²) in [6.07, 6.45) is 0. The number of amides is 2. The van der Waals surface area contributed by atoms with E-state index in [4.69, 9.17) is 5.11 Å². The lowest BCUT2D eigenvalue weighted by molar-refractivity contribution is 0.199. The van der Waals surface area contributed by atoms with Crippen LogP contribution >= 0.6 is 15.9 Å². The van der Waals surface area contributed by atoms with E-state index >= 15 is 0 Å². The van der Waals surface area contributed by atoms with Crippen LogP contribution in [0.25, 0.3) is 0 Å². The molecule has 0 unspecified atom stereocenters. The molecule has 1 saturated heterocycles. The minimum absolute atomic E-state index is 0.0128. The SMILES string of the molecule is Cc1cc(N2CCN(CCO)C2=O)ccc1Br. The maximum absolute atomic E-state index is 12.0. The number of hydrogen-bond donors (Lipinski definition) is 1. The molecule has 1 N–H and O–H groups in total. The monoisotopic (exact) mass is 298 g/mol. The summed E-state index contributed by atoms with van der Waals surface area (Å²) in [5.74, 6) is 0. The Morgan fingerprint density at radius 1 is 1.41 bits per heavy atom. The number of carbonyl (C=O) groups excluding carboxylic acids is 1. The van der Waals surface area contributed by atoms with Crippen LogP contribution in [0.5, 0.6) is 0 Å². The average molecular weight is 299 g/mol. The van der Waals surface area contributed by atoms with Gasteiger partial charge in [0, 0.05) is 29.8 Å². The van der Waals surface area contributed by atoms with E-state index in [0.717, 1.165) is 15.7 Å². The first kappa shape index (κ1) is 12.4. The average Bonchev–Trinajstić information content (AvgIpc) is 2.66. The fourth-order valence-electron chi connectivity index (χ4n) is 1.95. The van der Waals surface area contributed by atoms with Crippen LogP contribution < -0.4 is 4.90 Å². The molecule has 1 fully saturated rings. The van der Waals surface area contributed by atoms with Crippen molar-refractivity contribution < 1.29 is 9.90 Å². The van der Waals surface area contributed by atoms with E-state index in [1.165, 1.54) is 0 Å². The number of urea groups is 1. The van der Waals surface area contributed by atoms with Crippen molar-refractivity contribution in [3.63, 3.8) is 0 Å². The lowest BCUT2D eigenvalue weighted by Gasteiger charge is -2.18. The third-order valence-corrected chi connectivity index (χ3v) is 3.81. The Kier molecular flexibility index (Phi) is 3.69. The Bertz CT molecular complexity index is 437. The number of nitrogens with zero attached hydrogens (tertiary/aromatic N) is 2. The van der Waals surface area contributed by atoms with Crippen molar-refractivity contribution in [3.05, 3.63) is 28.2 Å². The van der Waals surface area contributed by atoms with Crippen molar-refractivity contribution in [3.8, 4) is 0 Å². The highest BCUT2D eigenvalue weighted by molar-refractivity contribution is 9.10. The summed E-state index contributed by atoms with van der Waals surface area (Å²) in [5.41, 5.74) is 2.02. The number of hydrogen-bond acceptors (Lipinski definition) is 2. The Morgan fingerprint density at radius 2 is 2.18 bits per heavy atom. The van der Waals surface area contributed by atoms with Crippen LogP contribution in [-0.4, -0.2) is 42.3 Å². The van der Waals surface area contributed by atoms with Gasteiger partial charge >= 0.3 is 6.03 Å². The number of aryl methyl sites for hydroxylation is 1. The lowest BCUT2D eigenvalue weighted by atomic mass is 10.2. The van der Waals surface area contributed by atoms with Crippen molar-refractivity contribution in [1.82, 2.24) is 4.90 Å². The second-order valence-corrected chi connectivity index (χ2v) is 4.93.